The quantitative estimate of drug-likeness (QED) is 0.403. The molecule has 0 amide bonds. The van der Waals surface area contributed by atoms with Gasteiger partial charge in [0.15, 0.2) is 0 Å². The molecule has 0 spiro atoms. The number of benzene rings is 1. The smallest absolute Gasteiger partial charge is 0.135 e. The van der Waals surface area contributed by atoms with Gasteiger partial charge in [0.05, 0.1) is 11.5 Å². The largest absolute Gasteiger partial charge is 0.538 e. The molecule has 1 aliphatic heterocycles. The fourth-order valence-electron chi connectivity index (χ4n) is 1.54. The van der Waals surface area contributed by atoms with E-state index in [1.165, 1.54) is 0 Å². The molecule has 1 radical (unpaired) electrons. The fraction of sp³-hybridized carbons (Fsp3) is 0.333. The predicted octanol–water partition coefficient (Wildman–Crippen LogP) is 0.145. The van der Waals surface area contributed by atoms with Crippen LogP contribution >= 0.6 is 0 Å². The minimum Gasteiger partial charge on any atom is -0.538 e. The van der Waals surface area contributed by atoms with E-state index in [0.717, 1.165) is 6.42 Å². The minimum atomic E-state index is 0. The van der Waals surface area contributed by atoms with Gasteiger partial charge < -0.3 is 26.7 Å². The Bertz CT molecular complexity index is 424. The standard InChI is InChI=1S/C9H10N3O2.Np/c10-3-1-6-9(8(12)7(3)11)14-5-2-4(5)13-6;/h4-5H,2,10-12H2;/q-1;. The van der Waals surface area contributed by atoms with E-state index < -0.39 is 0 Å². The van der Waals surface area contributed by atoms with Crippen LogP contribution in [0.15, 0.2) is 0 Å². The summed E-state index contributed by atoms with van der Waals surface area (Å²) < 4.78 is 11.1. The molecule has 1 aromatic carbocycles. The number of fused-ring (bicyclic) bond motifs is 2. The van der Waals surface area contributed by atoms with Crippen molar-refractivity contribution in [2.75, 3.05) is 17.2 Å². The maximum atomic E-state index is 5.75. The Morgan fingerprint density at radius 1 is 1.07 bits per heavy atom. The number of anilines is 3. The van der Waals surface area contributed by atoms with Crippen molar-refractivity contribution in [3.8, 4) is 11.5 Å². The molecule has 79 valence electrons. The van der Waals surface area contributed by atoms with Crippen LogP contribution in [-0.4, -0.2) is 12.2 Å². The van der Waals surface area contributed by atoms with Gasteiger partial charge in [-0.1, -0.05) is 5.69 Å². The first kappa shape index (κ1) is 10.7. The normalized spacial score (nSPS) is 25.1. The molecule has 1 saturated carbocycles. The molecule has 1 fully saturated rings. The summed E-state index contributed by atoms with van der Waals surface area (Å²) in [6, 6.07) is 2.82. The Morgan fingerprint density at radius 2 is 1.73 bits per heavy atom. The fourth-order valence-corrected chi connectivity index (χ4v) is 1.54. The van der Waals surface area contributed by atoms with Crippen LogP contribution in [0.2, 0.25) is 0 Å². The van der Waals surface area contributed by atoms with Crippen molar-refractivity contribution in [2.24, 2.45) is 0 Å². The monoisotopic (exact) mass is 428 g/mol. The third-order valence-electron chi connectivity index (χ3n) is 2.49. The Balaban J connectivity index is 0.000000853. The summed E-state index contributed by atoms with van der Waals surface area (Å²) in [7, 11) is 0. The first-order chi connectivity index (χ1) is 6.66. The number of nitrogens with two attached hydrogens (primary N) is 3. The summed E-state index contributed by atoms with van der Waals surface area (Å²) in [5.74, 6) is 0.961. The van der Waals surface area contributed by atoms with Crippen molar-refractivity contribution in [1.82, 2.24) is 0 Å². The van der Waals surface area contributed by atoms with Crippen LogP contribution in [0.1, 0.15) is 6.42 Å². The summed E-state index contributed by atoms with van der Waals surface area (Å²) in [6.45, 7) is 0. The second-order valence-corrected chi connectivity index (χ2v) is 3.57. The van der Waals surface area contributed by atoms with Gasteiger partial charge in [0.25, 0.3) is 0 Å². The van der Waals surface area contributed by atoms with Gasteiger partial charge >= 0.3 is 0 Å². The molecular weight excluding hydrogens is 419 g/mol. The Labute approximate surface area is 110 Å². The van der Waals surface area contributed by atoms with Crippen LogP contribution in [0.5, 0.6) is 11.5 Å². The molecule has 1 heterocycles. The van der Waals surface area contributed by atoms with E-state index >= 15 is 0 Å². The van der Waals surface area contributed by atoms with Gasteiger partial charge in [-0.15, -0.1) is 6.07 Å². The summed E-state index contributed by atoms with van der Waals surface area (Å²) in [4.78, 5) is 0. The summed E-state index contributed by atoms with van der Waals surface area (Å²) in [5.41, 5.74) is 18.0. The second kappa shape index (κ2) is 3.37. The molecule has 2 aliphatic rings. The molecule has 0 aromatic heterocycles. The Hall–Kier alpha value is -0.767. The predicted molar refractivity (Wildman–Crippen MR) is 52.0 cm³/mol. The van der Waals surface area contributed by atoms with Crippen molar-refractivity contribution < 1.29 is 39.4 Å². The molecule has 0 saturated heterocycles. The van der Waals surface area contributed by atoms with E-state index in [1.807, 2.05) is 0 Å². The first-order valence-corrected chi connectivity index (χ1v) is 4.40. The van der Waals surface area contributed by atoms with Gasteiger partial charge in [0.2, 0.25) is 0 Å². The maximum Gasteiger partial charge on any atom is 0.135 e. The number of ether oxygens (including phenoxy) is 2. The van der Waals surface area contributed by atoms with Crippen LogP contribution in [-0.2, 0) is 0 Å². The molecule has 1 aliphatic carbocycles. The molecule has 6 N–H and O–H groups in total. The van der Waals surface area contributed by atoms with Gasteiger partial charge in [-0.05, 0) is 11.4 Å². The molecule has 1 aromatic rings. The molecule has 5 nitrogen and oxygen atoms in total. The molecule has 2 unspecified atom stereocenters. The Kier molecular flexibility index (Phi) is 2.41. The SMILES string of the molecule is Nc1[c-]c2c(c(N)c1N)OC1CC1O2.[Np]. The zero-order valence-electron chi connectivity index (χ0n) is 7.86. The van der Waals surface area contributed by atoms with Gasteiger partial charge in [-0.3, -0.25) is 0 Å². The number of rotatable bonds is 0. The van der Waals surface area contributed by atoms with E-state index in [1.54, 1.807) is 0 Å². The third kappa shape index (κ3) is 1.51. The number of hydrogen-bond acceptors (Lipinski definition) is 5. The molecule has 0 bridgehead atoms. The topological polar surface area (TPSA) is 96.5 Å². The first-order valence-electron chi connectivity index (χ1n) is 4.40. The van der Waals surface area contributed by atoms with Gasteiger partial charge in [0, 0.05) is 36.4 Å². The molecule has 2 atom stereocenters. The minimum absolute atomic E-state index is 0. The van der Waals surface area contributed by atoms with Crippen molar-refractivity contribution in [3.05, 3.63) is 6.07 Å². The summed E-state index contributed by atoms with van der Waals surface area (Å²) >= 11 is 0. The maximum absolute atomic E-state index is 5.75. The van der Waals surface area contributed by atoms with Crippen LogP contribution in [0.4, 0.5) is 17.1 Å². The molecule has 3 rings (SSSR count). The second-order valence-electron chi connectivity index (χ2n) is 3.57. The molecular formula is C9H10N3NpO2-. The molecule has 6 heteroatoms. The van der Waals surface area contributed by atoms with E-state index in [4.69, 9.17) is 26.7 Å². The van der Waals surface area contributed by atoms with Gasteiger partial charge in [-0.2, -0.15) is 0 Å². The average Bonchev–Trinajstić information content (AvgIpc) is 2.90. The van der Waals surface area contributed by atoms with E-state index in [0.29, 0.717) is 28.6 Å². The van der Waals surface area contributed by atoms with Gasteiger partial charge in [0.1, 0.15) is 12.2 Å². The van der Waals surface area contributed by atoms with Gasteiger partial charge in [-0.25, -0.2) is 0 Å². The Morgan fingerprint density at radius 3 is 2.47 bits per heavy atom. The van der Waals surface area contributed by atoms with Crippen molar-refractivity contribution in [3.63, 3.8) is 0 Å². The average molecular weight is 429 g/mol. The van der Waals surface area contributed by atoms with E-state index in [2.05, 4.69) is 6.07 Å². The number of hydrogen-bond donors (Lipinski definition) is 3. The summed E-state index contributed by atoms with van der Waals surface area (Å²) in [6.07, 6.45) is 1.16. The van der Waals surface area contributed by atoms with Crippen LogP contribution in [0, 0.1) is 36.0 Å². The van der Waals surface area contributed by atoms with Crippen LogP contribution < -0.4 is 26.7 Å². The third-order valence-corrected chi connectivity index (χ3v) is 2.49. The van der Waals surface area contributed by atoms with Crippen molar-refractivity contribution in [1.29, 1.82) is 0 Å². The van der Waals surface area contributed by atoms with Crippen molar-refractivity contribution >= 4 is 17.1 Å². The van der Waals surface area contributed by atoms with Crippen LogP contribution in [0.25, 0.3) is 0 Å². The van der Waals surface area contributed by atoms with Crippen LogP contribution in [0.3, 0.4) is 0 Å². The van der Waals surface area contributed by atoms with E-state index in [9.17, 15) is 0 Å². The van der Waals surface area contributed by atoms with Crippen molar-refractivity contribution in [2.45, 2.75) is 18.6 Å². The zero-order valence-corrected chi connectivity index (χ0v) is 11.6. The van der Waals surface area contributed by atoms with E-state index in [-0.39, 0.29) is 42.2 Å². The molecule has 15 heavy (non-hydrogen) atoms. The summed E-state index contributed by atoms with van der Waals surface area (Å²) in [5, 5.41) is 0. The number of nitrogen functional groups attached to an aromatic ring is 3. The zero-order chi connectivity index (χ0) is 9.87.